The highest BCUT2D eigenvalue weighted by Crippen LogP contribution is 2.20. The van der Waals surface area contributed by atoms with Crippen molar-refractivity contribution in [1.82, 2.24) is 4.90 Å². The third kappa shape index (κ3) is 4.12. The number of ether oxygens (including phenoxy) is 1. The van der Waals surface area contributed by atoms with Crippen molar-refractivity contribution in [3.63, 3.8) is 0 Å². The van der Waals surface area contributed by atoms with Crippen LogP contribution in [0.5, 0.6) is 0 Å². The molecule has 93 valence electrons. The highest BCUT2D eigenvalue weighted by molar-refractivity contribution is 5.75. The molecule has 3 nitrogen and oxygen atoms in total. The van der Waals surface area contributed by atoms with Gasteiger partial charge in [0.15, 0.2) is 0 Å². The van der Waals surface area contributed by atoms with Crippen LogP contribution >= 0.6 is 0 Å². The summed E-state index contributed by atoms with van der Waals surface area (Å²) in [5, 5.41) is 0. The standard InChI is InChI=1S/C13H24NO2/c1-5-11-6-8-14(9-7-11)10-16-12(15)13(2,3)4/h11H,1,5-10H2,2-4H3. The van der Waals surface area contributed by atoms with Gasteiger partial charge in [-0.2, -0.15) is 0 Å². The first-order chi connectivity index (χ1) is 7.43. The van der Waals surface area contributed by atoms with Crippen molar-refractivity contribution < 1.29 is 9.53 Å². The predicted molar refractivity (Wildman–Crippen MR) is 64.7 cm³/mol. The average Bonchev–Trinajstić information content (AvgIpc) is 2.25. The molecule has 0 bridgehead atoms. The number of hydrogen-bond donors (Lipinski definition) is 0. The van der Waals surface area contributed by atoms with Crippen LogP contribution in [-0.2, 0) is 9.53 Å². The largest absolute Gasteiger partial charge is 0.449 e. The lowest BCUT2D eigenvalue weighted by atomic mass is 9.95. The lowest BCUT2D eigenvalue weighted by Gasteiger charge is -2.31. The Morgan fingerprint density at radius 2 is 1.94 bits per heavy atom. The van der Waals surface area contributed by atoms with E-state index in [0.29, 0.717) is 6.73 Å². The highest BCUT2D eigenvalue weighted by Gasteiger charge is 2.24. The molecule has 0 spiro atoms. The van der Waals surface area contributed by atoms with E-state index in [9.17, 15) is 4.79 Å². The van der Waals surface area contributed by atoms with Crippen molar-refractivity contribution in [2.45, 2.75) is 40.0 Å². The molecule has 1 radical (unpaired) electrons. The van der Waals surface area contributed by atoms with Crippen LogP contribution in [0.2, 0.25) is 0 Å². The molecule has 1 fully saturated rings. The first-order valence-electron chi connectivity index (χ1n) is 6.12. The van der Waals surface area contributed by atoms with Gasteiger partial charge in [0, 0.05) is 13.1 Å². The normalized spacial score (nSPS) is 19.8. The molecule has 0 aliphatic carbocycles. The van der Waals surface area contributed by atoms with Gasteiger partial charge in [0.25, 0.3) is 0 Å². The lowest BCUT2D eigenvalue weighted by molar-refractivity contribution is -0.158. The number of piperidine rings is 1. The third-order valence-electron chi connectivity index (χ3n) is 3.11. The second-order valence-electron chi connectivity index (χ2n) is 5.66. The van der Waals surface area contributed by atoms with Gasteiger partial charge in [-0.3, -0.25) is 9.69 Å². The fourth-order valence-electron chi connectivity index (χ4n) is 1.77. The maximum Gasteiger partial charge on any atom is 0.312 e. The van der Waals surface area contributed by atoms with Gasteiger partial charge in [-0.25, -0.2) is 0 Å². The van der Waals surface area contributed by atoms with Crippen LogP contribution in [0.3, 0.4) is 0 Å². The van der Waals surface area contributed by atoms with E-state index in [1.54, 1.807) is 0 Å². The molecular weight excluding hydrogens is 202 g/mol. The van der Waals surface area contributed by atoms with Gasteiger partial charge in [-0.1, -0.05) is 13.3 Å². The summed E-state index contributed by atoms with van der Waals surface area (Å²) in [5.74, 6) is 0.640. The van der Waals surface area contributed by atoms with Crippen LogP contribution in [0, 0.1) is 18.3 Å². The Morgan fingerprint density at radius 3 is 2.38 bits per heavy atom. The van der Waals surface area contributed by atoms with Crippen LogP contribution < -0.4 is 0 Å². The SMILES string of the molecule is [CH2]CC1CCN(COC(=O)C(C)(C)C)CC1. The van der Waals surface area contributed by atoms with Gasteiger partial charge in [-0.05, 0) is 39.5 Å². The molecule has 0 aromatic heterocycles. The van der Waals surface area contributed by atoms with Gasteiger partial charge in [-0.15, -0.1) is 0 Å². The summed E-state index contributed by atoms with van der Waals surface area (Å²) < 4.78 is 5.29. The summed E-state index contributed by atoms with van der Waals surface area (Å²) in [6, 6.07) is 0. The van der Waals surface area contributed by atoms with Crippen molar-refractivity contribution in [2.75, 3.05) is 19.8 Å². The molecule has 3 heteroatoms. The maximum atomic E-state index is 11.6. The van der Waals surface area contributed by atoms with Crippen molar-refractivity contribution in [3.8, 4) is 0 Å². The smallest absolute Gasteiger partial charge is 0.312 e. The first-order valence-corrected chi connectivity index (χ1v) is 6.12. The summed E-state index contributed by atoms with van der Waals surface area (Å²) in [6.07, 6.45) is 3.38. The number of carbonyl (C=O) groups excluding carboxylic acids is 1. The molecule has 1 heterocycles. The molecule has 1 aliphatic heterocycles. The Labute approximate surface area is 99.1 Å². The Bertz CT molecular complexity index is 225. The molecule has 0 unspecified atom stereocenters. The minimum absolute atomic E-state index is 0.119. The molecule has 0 saturated carbocycles. The fourth-order valence-corrected chi connectivity index (χ4v) is 1.77. The monoisotopic (exact) mass is 226 g/mol. The zero-order valence-electron chi connectivity index (χ0n) is 10.8. The molecule has 1 aliphatic rings. The quantitative estimate of drug-likeness (QED) is 0.692. The second kappa shape index (κ2) is 5.67. The Kier molecular flexibility index (Phi) is 4.78. The van der Waals surface area contributed by atoms with Crippen LogP contribution in [0.25, 0.3) is 0 Å². The van der Waals surface area contributed by atoms with Crippen molar-refractivity contribution >= 4 is 5.97 Å². The predicted octanol–water partition coefficient (Wildman–Crippen LogP) is 2.47. The minimum atomic E-state index is -0.397. The van der Waals surface area contributed by atoms with E-state index in [2.05, 4.69) is 11.8 Å². The van der Waals surface area contributed by atoms with Crippen LogP contribution in [0.1, 0.15) is 40.0 Å². The summed E-state index contributed by atoms with van der Waals surface area (Å²) >= 11 is 0. The molecule has 1 rings (SSSR count). The van der Waals surface area contributed by atoms with Gasteiger partial charge < -0.3 is 4.74 Å². The maximum absolute atomic E-state index is 11.6. The van der Waals surface area contributed by atoms with E-state index < -0.39 is 5.41 Å². The van der Waals surface area contributed by atoms with Crippen LogP contribution in [-0.4, -0.2) is 30.7 Å². The Morgan fingerprint density at radius 1 is 1.38 bits per heavy atom. The zero-order chi connectivity index (χ0) is 12.2. The van der Waals surface area contributed by atoms with E-state index in [1.807, 2.05) is 20.8 Å². The topological polar surface area (TPSA) is 29.5 Å². The highest BCUT2D eigenvalue weighted by atomic mass is 16.5. The number of carbonyl (C=O) groups is 1. The van der Waals surface area contributed by atoms with E-state index in [4.69, 9.17) is 4.74 Å². The van der Waals surface area contributed by atoms with Crippen molar-refractivity contribution in [1.29, 1.82) is 0 Å². The number of nitrogens with zero attached hydrogens (tertiary/aromatic N) is 1. The van der Waals surface area contributed by atoms with Crippen molar-refractivity contribution in [3.05, 3.63) is 6.92 Å². The first kappa shape index (κ1) is 13.5. The molecular formula is C13H24NO2. The molecule has 0 aromatic rings. The van der Waals surface area contributed by atoms with Crippen LogP contribution in [0.15, 0.2) is 0 Å². The number of hydrogen-bond acceptors (Lipinski definition) is 3. The van der Waals surface area contributed by atoms with E-state index >= 15 is 0 Å². The summed E-state index contributed by atoms with van der Waals surface area (Å²) in [7, 11) is 0. The Hall–Kier alpha value is -0.570. The molecule has 16 heavy (non-hydrogen) atoms. The van der Waals surface area contributed by atoms with Crippen molar-refractivity contribution in [2.24, 2.45) is 11.3 Å². The average molecular weight is 226 g/mol. The minimum Gasteiger partial charge on any atom is -0.449 e. The summed E-state index contributed by atoms with van der Waals surface area (Å²) in [4.78, 5) is 13.8. The molecule has 0 atom stereocenters. The van der Waals surface area contributed by atoms with Gasteiger partial charge in [0.2, 0.25) is 0 Å². The second-order valence-corrected chi connectivity index (χ2v) is 5.66. The number of esters is 1. The summed E-state index contributed by atoms with van der Waals surface area (Å²) in [5.41, 5.74) is -0.397. The number of rotatable bonds is 3. The van der Waals surface area contributed by atoms with E-state index in [1.165, 1.54) is 12.8 Å². The number of likely N-dealkylation sites (tertiary alicyclic amines) is 1. The van der Waals surface area contributed by atoms with E-state index in [-0.39, 0.29) is 5.97 Å². The lowest BCUT2D eigenvalue weighted by Crippen LogP contribution is -2.37. The molecule has 0 aromatic carbocycles. The van der Waals surface area contributed by atoms with Gasteiger partial charge in [0.05, 0.1) is 5.41 Å². The Balaban J connectivity index is 2.22. The molecule has 0 amide bonds. The molecule has 1 saturated heterocycles. The molecule has 0 N–H and O–H groups in total. The third-order valence-corrected chi connectivity index (χ3v) is 3.11. The zero-order valence-corrected chi connectivity index (χ0v) is 10.8. The van der Waals surface area contributed by atoms with E-state index in [0.717, 1.165) is 25.4 Å². The van der Waals surface area contributed by atoms with Gasteiger partial charge in [0.1, 0.15) is 6.73 Å². The van der Waals surface area contributed by atoms with Gasteiger partial charge >= 0.3 is 5.97 Å². The van der Waals surface area contributed by atoms with Crippen LogP contribution in [0.4, 0.5) is 0 Å². The fraction of sp³-hybridized carbons (Fsp3) is 0.846. The summed E-state index contributed by atoms with van der Waals surface area (Å²) in [6.45, 7) is 12.1.